The predicted octanol–water partition coefficient (Wildman–Crippen LogP) is 0.360. The molecule has 0 aromatic heterocycles. The standard InChI is InChI=1S/C12H16N2O/c15-12-9-13-8-11(12)14-7-6-10-4-2-1-3-5-10/h1-5,11,13-14H,6-9H2/t11-/m0/s1. The highest BCUT2D eigenvalue weighted by atomic mass is 16.1. The average Bonchev–Trinajstić information content (AvgIpc) is 2.66. The number of ketones is 1. The van der Waals surface area contributed by atoms with Crippen molar-refractivity contribution in [2.24, 2.45) is 0 Å². The van der Waals surface area contributed by atoms with E-state index in [0.717, 1.165) is 19.5 Å². The van der Waals surface area contributed by atoms with Crippen molar-refractivity contribution in [2.45, 2.75) is 12.5 Å². The van der Waals surface area contributed by atoms with Crippen molar-refractivity contribution < 1.29 is 4.79 Å². The van der Waals surface area contributed by atoms with Gasteiger partial charge in [-0.2, -0.15) is 0 Å². The van der Waals surface area contributed by atoms with Crippen LogP contribution in [-0.4, -0.2) is 31.5 Å². The van der Waals surface area contributed by atoms with Gasteiger partial charge in [0.1, 0.15) is 0 Å². The molecule has 1 heterocycles. The number of carbonyl (C=O) groups is 1. The van der Waals surface area contributed by atoms with Crippen molar-refractivity contribution in [3.8, 4) is 0 Å². The lowest BCUT2D eigenvalue weighted by Crippen LogP contribution is -2.37. The fraction of sp³-hybridized carbons (Fsp3) is 0.417. The Morgan fingerprint density at radius 3 is 2.80 bits per heavy atom. The monoisotopic (exact) mass is 204 g/mol. The molecule has 2 rings (SSSR count). The van der Waals surface area contributed by atoms with Crippen molar-refractivity contribution in [1.29, 1.82) is 0 Å². The van der Waals surface area contributed by atoms with Crippen LogP contribution in [0.15, 0.2) is 30.3 Å². The molecule has 0 saturated carbocycles. The topological polar surface area (TPSA) is 41.1 Å². The molecular weight excluding hydrogens is 188 g/mol. The first-order valence-electron chi connectivity index (χ1n) is 5.37. The van der Waals surface area contributed by atoms with Gasteiger partial charge in [-0.3, -0.25) is 4.79 Å². The van der Waals surface area contributed by atoms with Gasteiger partial charge >= 0.3 is 0 Å². The van der Waals surface area contributed by atoms with Crippen molar-refractivity contribution in [3.63, 3.8) is 0 Å². The van der Waals surface area contributed by atoms with E-state index in [1.165, 1.54) is 5.56 Å². The average molecular weight is 204 g/mol. The molecule has 1 saturated heterocycles. The summed E-state index contributed by atoms with van der Waals surface area (Å²) in [6, 6.07) is 10.3. The Hall–Kier alpha value is -1.19. The van der Waals surface area contributed by atoms with Gasteiger partial charge in [-0.1, -0.05) is 30.3 Å². The van der Waals surface area contributed by atoms with Crippen molar-refractivity contribution >= 4 is 5.78 Å². The number of benzene rings is 1. The number of carbonyl (C=O) groups excluding carboxylic acids is 1. The van der Waals surface area contributed by atoms with Gasteiger partial charge in [0.2, 0.25) is 0 Å². The van der Waals surface area contributed by atoms with E-state index in [9.17, 15) is 4.79 Å². The van der Waals surface area contributed by atoms with Gasteiger partial charge in [-0.25, -0.2) is 0 Å². The molecule has 0 amide bonds. The van der Waals surface area contributed by atoms with Crippen LogP contribution < -0.4 is 10.6 Å². The zero-order valence-electron chi connectivity index (χ0n) is 8.70. The van der Waals surface area contributed by atoms with E-state index in [1.54, 1.807) is 0 Å². The van der Waals surface area contributed by atoms with E-state index < -0.39 is 0 Å². The molecule has 0 radical (unpaired) electrons. The lowest BCUT2D eigenvalue weighted by atomic mass is 10.1. The molecule has 1 fully saturated rings. The van der Waals surface area contributed by atoms with Crippen LogP contribution in [0.25, 0.3) is 0 Å². The molecule has 80 valence electrons. The van der Waals surface area contributed by atoms with Crippen LogP contribution in [0, 0.1) is 0 Å². The zero-order valence-corrected chi connectivity index (χ0v) is 8.70. The van der Waals surface area contributed by atoms with Gasteiger partial charge in [-0.05, 0) is 18.5 Å². The summed E-state index contributed by atoms with van der Waals surface area (Å²) in [4.78, 5) is 11.3. The fourth-order valence-corrected chi connectivity index (χ4v) is 1.80. The number of Topliss-reactive ketones (excluding diaryl/α,β-unsaturated/α-hetero) is 1. The minimum Gasteiger partial charge on any atom is -0.308 e. The summed E-state index contributed by atoms with van der Waals surface area (Å²) in [5, 5.41) is 6.33. The second-order valence-corrected chi connectivity index (χ2v) is 3.84. The van der Waals surface area contributed by atoms with E-state index in [1.807, 2.05) is 18.2 Å². The molecule has 1 aromatic rings. The Kier molecular flexibility index (Phi) is 3.48. The summed E-state index contributed by atoms with van der Waals surface area (Å²) in [6.07, 6.45) is 0.977. The third-order valence-corrected chi connectivity index (χ3v) is 2.68. The molecule has 2 N–H and O–H groups in total. The fourth-order valence-electron chi connectivity index (χ4n) is 1.80. The molecule has 0 spiro atoms. The maximum Gasteiger partial charge on any atom is 0.164 e. The summed E-state index contributed by atoms with van der Waals surface area (Å²) in [7, 11) is 0. The Balaban J connectivity index is 1.73. The third-order valence-electron chi connectivity index (χ3n) is 2.68. The predicted molar refractivity (Wildman–Crippen MR) is 59.8 cm³/mol. The molecule has 1 aliphatic heterocycles. The lowest BCUT2D eigenvalue weighted by Gasteiger charge is -2.09. The minimum atomic E-state index is 0.0220. The van der Waals surface area contributed by atoms with Gasteiger partial charge in [0, 0.05) is 6.54 Å². The van der Waals surface area contributed by atoms with Crippen molar-refractivity contribution in [1.82, 2.24) is 10.6 Å². The van der Waals surface area contributed by atoms with E-state index in [2.05, 4.69) is 22.8 Å². The third kappa shape index (κ3) is 2.88. The Morgan fingerprint density at radius 2 is 2.13 bits per heavy atom. The second-order valence-electron chi connectivity index (χ2n) is 3.84. The number of hydrogen-bond acceptors (Lipinski definition) is 3. The second kappa shape index (κ2) is 5.05. The van der Waals surface area contributed by atoms with E-state index in [-0.39, 0.29) is 11.8 Å². The zero-order chi connectivity index (χ0) is 10.5. The maximum absolute atomic E-state index is 11.3. The minimum absolute atomic E-state index is 0.0220. The smallest absolute Gasteiger partial charge is 0.164 e. The summed E-state index contributed by atoms with van der Waals surface area (Å²) >= 11 is 0. The molecule has 15 heavy (non-hydrogen) atoms. The molecule has 1 aromatic carbocycles. The first-order chi connectivity index (χ1) is 7.36. The number of nitrogens with one attached hydrogen (secondary N) is 2. The van der Waals surface area contributed by atoms with Crippen molar-refractivity contribution in [2.75, 3.05) is 19.6 Å². The van der Waals surface area contributed by atoms with Crippen LogP contribution in [-0.2, 0) is 11.2 Å². The molecule has 1 aliphatic rings. The van der Waals surface area contributed by atoms with Gasteiger partial charge in [-0.15, -0.1) is 0 Å². The Labute approximate surface area is 89.9 Å². The van der Waals surface area contributed by atoms with Gasteiger partial charge < -0.3 is 10.6 Å². The van der Waals surface area contributed by atoms with Crippen LogP contribution in [0.4, 0.5) is 0 Å². The largest absolute Gasteiger partial charge is 0.308 e. The van der Waals surface area contributed by atoms with Gasteiger partial charge in [0.25, 0.3) is 0 Å². The molecule has 3 heteroatoms. The summed E-state index contributed by atoms with van der Waals surface area (Å²) in [6.45, 7) is 2.15. The van der Waals surface area contributed by atoms with Gasteiger partial charge in [0.05, 0.1) is 12.6 Å². The van der Waals surface area contributed by atoms with Gasteiger partial charge in [0.15, 0.2) is 5.78 Å². The Bertz CT molecular complexity index is 324. The first-order valence-corrected chi connectivity index (χ1v) is 5.37. The highest BCUT2D eigenvalue weighted by Crippen LogP contribution is 1.99. The van der Waals surface area contributed by atoms with Crippen LogP contribution in [0.1, 0.15) is 5.56 Å². The van der Waals surface area contributed by atoms with Crippen molar-refractivity contribution in [3.05, 3.63) is 35.9 Å². The SMILES string of the molecule is O=C1CNC[C@@H]1NCCc1ccccc1. The van der Waals surface area contributed by atoms with Crippen LogP contribution in [0.5, 0.6) is 0 Å². The maximum atomic E-state index is 11.3. The Morgan fingerprint density at radius 1 is 1.33 bits per heavy atom. The lowest BCUT2D eigenvalue weighted by molar-refractivity contribution is -0.118. The highest BCUT2D eigenvalue weighted by Gasteiger charge is 2.22. The highest BCUT2D eigenvalue weighted by molar-refractivity contribution is 5.88. The normalized spacial score (nSPS) is 20.8. The van der Waals surface area contributed by atoms with Crippen LogP contribution >= 0.6 is 0 Å². The summed E-state index contributed by atoms with van der Waals surface area (Å²) < 4.78 is 0. The van der Waals surface area contributed by atoms with E-state index >= 15 is 0 Å². The van der Waals surface area contributed by atoms with E-state index in [0.29, 0.717) is 6.54 Å². The van der Waals surface area contributed by atoms with E-state index in [4.69, 9.17) is 0 Å². The molecule has 0 unspecified atom stereocenters. The summed E-state index contributed by atoms with van der Waals surface area (Å²) in [5.74, 6) is 0.281. The van der Waals surface area contributed by atoms with Crippen LogP contribution in [0.2, 0.25) is 0 Å². The quantitative estimate of drug-likeness (QED) is 0.744. The molecule has 0 bridgehead atoms. The molecule has 0 aliphatic carbocycles. The number of rotatable bonds is 4. The first kappa shape index (κ1) is 10.3. The number of hydrogen-bond donors (Lipinski definition) is 2. The summed E-state index contributed by atoms with van der Waals surface area (Å²) in [5.41, 5.74) is 1.31. The van der Waals surface area contributed by atoms with Crippen LogP contribution in [0.3, 0.4) is 0 Å². The molecule has 1 atom stereocenters. The molecule has 3 nitrogen and oxygen atoms in total. The molecular formula is C12H16N2O.